The highest BCUT2D eigenvalue weighted by molar-refractivity contribution is 6.10. The van der Waals surface area contributed by atoms with Crippen LogP contribution >= 0.6 is 0 Å². The molecule has 7 nitrogen and oxygen atoms in total. The Bertz CT molecular complexity index is 1510. The third-order valence-electron chi connectivity index (χ3n) is 5.57. The molecule has 0 radical (unpaired) electrons. The van der Waals surface area contributed by atoms with Gasteiger partial charge in [0.2, 0.25) is 18.1 Å². The van der Waals surface area contributed by atoms with Crippen LogP contribution in [0.2, 0.25) is 0 Å². The summed E-state index contributed by atoms with van der Waals surface area (Å²) in [4.78, 5) is 39.0. The number of pyridine rings is 1. The number of hydrogen-bond acceptors (Lipinski definition) is 5. The molecule has 0 saturated heterocycles. The first-order chi connectivity index (χ1) is 16.4. The Labute approximate surface area is 193 Å². The van der Waals surface area contributed by atoms with Crippen molar-refractivity contribution in [1.82, 2.24) is 4.57 Å². The minimum Gasteiger partial charge on any atom is -0.454 e. The molecule has 1 amide bonds. The standard InChI is InChI=1S/C26H19FN2O5/c1-15-2-4-16(5-3-15)25(31)20-12-29(21-8-6-17(27)10-19(21)26(20)32)13-24(30)28-18-7-9-22-23(11-18)34-14-33-22/h2-12H,13-14H2,1H3,(H,28,30). The number of aromatic nitrogens is 1. The molecule has 0 saturated carbocycles. The fraction of sp³-hybridized carbons (Fsp3) is 0.115. The van der Waals surface area contributed by atoms with Gasteiger partial charge in [-0.2, -0.15) is 0 Å². The molecule has 1 aromatic heterocycles. The average molecular weight is 458 g/mol. The first-order valence-corrected chi connectivity index (χ1v) is 10.5. The van der Waals surface area contributed by atoms with Crippen LogP contribution in [-0.4, -0.2) is 23.1 Å². The summed E-state index contributed by atoms with van der Waals surface area (Å²) in [5.74, 6) is -0.400. The van der Waals surface area contributed by atoms with Crippen molar-refractivity contribution in [2.24, 2.45) is 0 Å². The second kappa shape index (κ2) is 8.47. The largest absolute Gasteiger partial charge is 0.454 e. The van der Waals surface area contributed by atoms with Crippen LogP contribution in [0.4, 0.5) is 10.1 Å². The predicted octanol–water partition coefficient (Wildman–Crippen LogP) is 4.05. The number of fused-ring (bicyclic) bond motifs is 2. The Balaban J connectivity index is 1.51. The van der Waals surface area contributed by atoms with Gasteiger partial charge in [-0.1, -0.05) is 29.8 Å². The number of nitrogens with one attached hydrogen (secondary N) is 1. The van der Waals surface area contributed by atoms with Gasteiger partial charge in [-0.15, -0.1) is 0 Å². The second-order valence-electron chi connectivity index (χ2n) is 7.97. The summed E-state index contributed by atoms with van der Waals surface area (Å²) < 4.78 is 26.0. The molecule has 2 heterocycles. The number of aryl methyl sites for hydroxylation is 1. The molecule has 8 heteroatoms. The lowest BCUT2D eigenvalue weighted by Gasteiger charge is -2.14. The van der Waals surface area contributed by atoms with Crippen molar-refractivity contribution in [1.29, 1.82) is 0 Å². The minimum atomic E-state index is -0.610. The van der Waals surface area contributed by atoms with Gasteiger partial charge in [0.25, 0.3) is 0 Å². The molecule has 0 bridgehead atoms. The zero-order valence-corrected chi connectivity index (χ0v) is 18.1. The number of anilines is 1. The van der Waals surface area contributed by atoms with Crippen LogP contribution in [0.15, 0.2) is 71.7 Å². The SMILES string of the molecule is Cc1ccc(C(=O)c2cn(CC(=O)Nc3ccc4c(c3)OCO4)c3ccc(F)cc3c2=O)cc1. The summed E-state index contributed by atoms with van der Waals surface area (Å²) in [7, 11) is 0. The number of amides is 1. The fourth-order valence-corrected chi connectivity index (χ4v) is 3.85. The van der Waals surface area contributed by atoms with E-state index in [1.165, 1.54) is 22.9 Å². The number of rotatable bonds is 5. The Morgan fingerprint density at radius 1 is 1.00 bits per heavy atom. The smallest absolute Gasteiger partial charge is 0.244 e. The van der Waals surface area contributed by atoms with E-state index in [0.717, 1.165) is 11.6 Å². The molecular formula is C26H19FN2O5. The molecule has 170 valence electrons. The zero-order chi connectivity index (χ0) is 23.8. The number of benzene rings is 3. The fourth-order valence-electron chi connectivity index (χ4n) is 3.85. The van der Waals surface area contributed by atoms with E-state index >= 15 is 0 Å². The van der Waals surface area contributed by atoms with Gasteiger partial charge in [0.1, 0.15) is 12.4 Å². The van der Waals surface area contributed by atoms with Crippen LogP contribution in [0.1, 0.15) is 21.5 Å². The van der Waals surface area contributed by atoms with Crippen LogP contribution in [0, 0.1) is 12.7 Å². The molecule has 3 aromatic carbocycles. The molecular weight excluding hydrogens is 439 g/mol. The van der Waals surface area contributed by atoms with Crippen molar-refractivity contribution in [3.63, 3.8) is 0 Å². The topological polar surface area (TPSA) is 86.6 Å². The van der Waals surface area contributed by atoms with Crippen LogP contribution in [0.25, 0.3) is 10.9 Å². The quantitative estimate of drug-likeness (QED) is 0.456. The highest BCUT2D eigenvalue weighted by atomic mass is 19.1. The van der Waals surface area contributed by atoms with Gasteiger partial charge in [0.05, 0.1) is 11.1 Å². The van der Waals surface area contributed by atoms with Gasteiger partial charge in [-0.25, -0.2) is 4.39 Å². The van der Waals surface area contributed by atoms with E-state index in [4.69, 9.17) is 9.47 Å². The Kier molecular flexibility index (Phi) is 5.33. The summed E-state index contributed by atoms with van der Waals surface area (Å²) in [5.41, 5.74) is 1.41. The van der Waals surface area contributed by atoms with E-state index in [-0.39, 0.29) is 24.3 Å². The van der Waals surface area contributed by atoms with Gasteiger partial charge in [-0.05, 0) is 37.3 Å². The third-order valence-corrected chi connectivity index (χ3v) is 5.57. The van der Waals surface area contributed by atoms with Gasteiger partial charge in [-0.3, -0.25) is 14.4 Å². The van der Waals surface area contributed by atoms with Crippen LogP contribution in [0.3, 0.4) is 0 Å². The number of halogens is 1. The minimum absolute atomic E-state index is 0.0221. The van der Waals surface area contributed by atoms with Crippen molar-refractivity contribution in [3.8, 4) is 11.5 Å². The summed E-state index contributed by atoms with van der Waals surface area (Å²) in [5, 5.41) is 2.79. The van der Waals surface area contributed by atoms with E-state index in [9.17, 15) is 18.8 Å². The zero-order valence-electron chi connectivity index (χ0n) is 18.1. The van der Waals surface area contributed by atoms with Gasteiger partial charge >= 0.3 is 0 Å². The maximum atomic E-state index is 14.0. The molecule has 0 spiro atoms. The number of ether oxygens (including phenoxy) is 2. The number of carbonyl (C=O) groups excluding carboxylic acids is 2. The summed E-state index contributed by atoms with van der Waals surface area (Å²) in [6.07, 6.45) is 1.35. The van der Waals surface area contributed by atoms with E-state index in [1.54, 1.807) is 42.5 Å². The average Bonchev–Trinajstić information content (AvgIpc) is 3.29. The maximum absolute atomic E-state index is 14.0. The number of ketones is 1. The van der Waals surface area contributed by atoms with Crippen molar-refractivity contribution in [2.45, 2.75) is 13.5 Å². The van der Waals surface area contributed by atoms with Gasteiger partial charge < -0.3 is 19.4 Å². The van der Waals surface area contributed by atoms with Crippen LogP contribution in [0.5, 0.6) is 11.5 Å². The lowest BCUT2D eigenvalue weighted by atomic mass is 10.0. The molecule has 4 aromatic rings. The Hall–Kier alpha value is -4.46. The predicted molar refractivity (Wildman–Crippen MR) is 124 cm³/mol. The van der Waals surface area contributed by atoms with Crippen molar-refractivity contribution in [2.75, 3.05) is 12.1 Å². The van der Waals surface area contributed by atoms with Crippen molar-refractivity contribution < 1.29 is 23.5 Å². The van der Waals surface area contributed by atoms with Crippen molar-refractivity contribution in [3.05, 3.63) is 99.6 Å². The lowest BCUT2D eigenvalue weighted by Crippen LogP contribution is -2.24. The second-order valence-corrected chi connectivity index (χ2v) is 7.97. The first-order valence-electron chi connectivity index (χ1n) is 10.5. The van der Waals surface area contributed by atoms with Crippen LogP contribution < -0.4 is 20.2 Å². The molecule has 1 N–H and O–H groups in total. The summed E-state index contributed by atoms with van der Waals surface area (Å²) in [6, 6.07) is 15.5. The number of hydrogen-bond donors (Lipinski definition) is 1. The summed E-state index contributed by atoms with van der Waals surface area (Å²) >= 11 is 0. The monoisotopic (exact) mass is 458 g/mol. The number of carbonyl (C=O) groups is 2. The highest BCUT2D eigenvalue weighted by Gasteiger charge is 2.19. The normalized spacial score (nSPS) is 12.1. The number of nitrogens with zero attached hydrogens (tertiary/aromatic N) is 1. The first kappa shape index (κ1) is 21.4. The highest BCUT2D eigenvalue weighted by Crippen LogP contribution is 2.34. The Morgan fingerprint density at radius 3 is 2.56 bits per heavy atom. The molecule has 1 aliphatic rings. The van der Waals surface area contributed by atoms with Crippen molar-refractivity contribution >= 4 is 28.3 Å². The molecule has 0 unspecified atom stereocenters. The Morgan fingerprint density at radius 2 is 1.76 bits per heavy atom. The van der Waals surface area contributed by atoms with Gasteiger partial charge in [0, 0.05) is 28.9 Å². The third kappa shape index (κ3) is 4.01. The summed E-state index contributed by atoms with van der Waals surface area (Å²) in [6.45, 7) is 1.80. The van der Waals surface area contributed by atoms with Gasteiger partial charge in [0.15, 0.2) is 17.3 Å². The van der Waals surface area contributed by atoms with E-state index in [2.05, 4.69) is 5.32 Å². The van der Waals surface area contributed by atoms with Crippen LogP contribution in [-0.2, 0) is 11.3 Å². The molecule has 0 aliphatic carbocycles. The molecule has 0 fully saturated rings. The maximum Gasteiger partial charge on any atom is 0.244 e. The van der Waals surface area contributed by atoms with E-state index in [1.807, 2.05) is 6.92 Å². The lowest BCUT2D eigenvalue weighted by molar-refractivity contribution is -0.116. The van der Waals surface area contributed by atoms with E-state index < -0.39 is 22.9 Å². The molecule has 0 atom stereocenters. The van der Waals surface area contributed by atoms with E-state index in [0.29, 0.717) is 28.3 Å². The molecule has 5 rings (SSSR count). The molecule has 34 heavy (non-hydrogen) atoms. The molecule has 1 aliphatic heterocycles.